The van der Waals surface area contributed by atoms with Crippen molar-refractivity contribution in [3.63, 3.8) is 0 Å². The highest BCUT2D eigenvalue weighted by Crippen LogP contribution is 2.34. The summed E-state index contributed by atoms with van der Waals surface area (Å²) < 4.78 is 5.66. The Bertz CT molecular complexity index is 1040. The van der Waals surface area contributed by atoms with E-state index in [0.717, 1.165) is 29.9 Å². The van der Waals surface area contributed by atoms with E-state index in [1.807, 2.05) is 24.3 Å². The number of aromatic nitrogens is 1. The molecule has 1 aromatic carbocycles. The predicted octanol–water partition coefficient (Wildman–Crippen LogP) is 5.04. The molecule has 2 fully saturated rings. The highest BCUT2D eigenvalue weighted by atomic mass is 16.4. The average Bonchev–Trinajstić information content (AvgIpc) is 3.51. The topological polar surface area (TPSA) is 113 Å². The zero-order valence-electron chi connectivity index (χ0n) is 20.9. The van der Waals surface area contributed by atoms with Gasteiger partial charge in [-0.2, -0.15) is 0 Å². The summed E-state index contributed by atoms with van der Waals surface area (Å²) in [6, 6.07) is 7.23. The lowest BCUT2D eigenvalue weighted by Crippen LogP contribution is -2.28. The van der Waals surface area contributed by atoms with E-state index in [2.05, 4.69) is 10.3 Å². The number of oxazole rings is 1. The third-order valence-electron chi connectivity index (χ3n) is 7.48. The van der Waals surface area contributed by atoms with Crippen LogP contribution in [-0.2, 0) is 22.6 Å². The number of carboxylic acids is 1. The molecule has 0 spiro atoms. The van der Waals surface area contributed by atoms with Crippen molar-refractivity contribution in [2.75, 3.05) is 6.54 Å². The molecule has 2 aliphatic rings. The first-order valence-electron chi connectivity index (χ1n) is 13.3. The highest BCUT2D eigenvalue weighted by Gasteiger charge is 2.36. The number of nitrogens with one attached hydrogen (secondary N) is 1. The van der Waals surface area contributed by atoms with Crippen molar-refractivity contribution in [3.8, 4) is 0 Å². The molecule has 2 heterocycles. The van der Waals surface area contributed by atoms with Crippen LogP contribution < -0.4 is 5.32 Å². The lowest BCUT2D eigenvalue weighted by atomic mass is 9.86. The summed E-state index contributed by atoms with van der Waals surface area (Å²) in [5, 5.41) is 12.0. The molecule has 4 rings (SSSR count). The quantitative estimate of drug-likeness (QED) is 0.399. The van der Waals surface area contributed by atoms with Crippen molar-refractivity contribution in [2.45, 2.75) is 89.6 Å². The number of likely N-dealkylation sites (tertiary alicyclic amines) is 1. The van der Waals surface area contributed by atoms with Gasteiger partial charge in [-0.25, -0.2) is 4.98 Å². The van der Waals surface area contributed by atoms with Crippen molar-refractivity contribution in [1.82, 2.24) is 15.2 Å². The second-order valence-electron chi connectivity index (χ2n) is 10.1. The predicted molar refractivity (Wildman–Crippen MR) is 134 cm³/mol. The molecule has 1 aliphatic carbocycles. The van der Waals surface area contributed by atoms with Crippen LogP contribution in [0, 0.1) is 5.92 Å². The Labute approximate surface area is 212 Å². The molecule has 1 aliphatic heterocycles. The number of carbonyl (C=O) groups excluding carboxylic acids is 2. The standard InChI is InChI=1S/C28H37N3O5/c32-25-15-14-24(31(25)18-22-12-5-4-11-21(22)13-16-26(33)34)28-30-23(19-36-28)27(35)29-17-7-6-10-20-8-2-1-3-9-20/h4-5,11-12,19-20,24H,1-3,6-10,13-18H2,(H,29,35)(H,33,34). The van der Waals surface area contributed by atoms with Gasteiger partial charge in [0.05, 0.1) is 0 Å². The van der Waals surface area contributed by atoms with Gasteiger partial charge in [-0.3, -0.25) is 14.4 Å². The summed E-state index contributed by atoms with van der Waals surface area (Å²) >= 11 is 0. The van der Waals surface area contributed by atoms with Crippen LogP contribution in [0.4, 0.5) is 0 Å². The molecule has 1 atom stereocenters. The Morgan fingerprint density at radius 1 is 1.08 bits per heavy atom. The number of unbranched alkanes of at least 4 members (excludes halogenated alkanes) is 1. The highest BCUT2D eigenvalue weighted by molar-refractivity contribution is 5.91. The minimum Gasteiger partial charge on any atom is -0.481 e. The van der Waals surface area contributed by atoms with Crippen LogP contribution in [0.2, 0.25) is 0 Å². The van der Waals surface area contributed by atoms with Crippen LogP contribution in [0.15, 0.2) is 34.9 Å². The minimum atomic E-state index is -0.852. The van der Waals surface area contributed by atoms with E-state index in [-0.39, 0.29) is 30.0 Å². The van der Waals surface area contributed by atoms with Crippen LogP contribution in [0.3, 0.4) is 0 Å². The first-order chi connectivity index (χ1) is 17.5. The molecule has 1 saturated carbocycles. The largest absolute Gasteiger partial charge is 0.481 e. The first-order valence-corrected chi connectivity index (χ1v) is 13.3. The fourth-order valence-corrected chi connectivity index (χ4v) is 5.44. The number of hydrogen-bond acceptors (Lipinski definition) is 5. The molecular weight excluding hydrogens is 458 g/mol. The number of aliphatic carboxylic acids is 1. The van der Waals surface area contributed by atoms with Gasteiger partial charge in [-0.15, -0.1) is 0 Å². The molecular formula is C28H37N3O5. The normalized spacial score (nSPS) is 18.5. The third kappa shape index (κ3) is 6.95. The Morgan fingerprint density at radius 2 is 1.86 bits per heavy atom. The number of aryl methyl sites for hydroxylation is 1. The van der Waals surface area contributed by atoms with E-state index < -0.39 is 5.97 Å². The Morgan fingerprint density at radius 3 is 2.64 bits per heavy atom. The molecule has 8 nitrogen and oxygen atoms in total. The minimum absolute atomic E-state index is 0.00444. The molecule has 2 amide bonds. The van der Waals surface area contributed by atoms with Gasteiger partial charge in [0.15, 0.2) is 5.69 Å². The molecule has 0 bridgehead atoms. The van der Waals surface area contributed by atoms with Gasteiger partial charge in [0, 0.05) is 25.9 Å². The van der Waals surface area contributed by atoms with Crippen molar-refractivity contribution in [3.05, 3.63) is 53.2 Å². The van der Waals surface area contributed by atoms with Crippen LogP contribution >= 0.6 is 0 Å². The summed E-state index contributed by atoms with van der Waals surface area (Å²) in [7, 11) is 0. The van der Waals surface area contributed by atoms with E-state index in [4.69, 9.17) is 9.52 Å². The summed E-state index contributed by atoms with van der Waals surface area (Å²) in [4.78, 5) is 42.4. The van der Waals surface area contributed by atoms with Gasteiger partial charge in [0.1, 0.15) is 12.3 Å². The van der Waals surface area contributed by atoms with Gasteiger partial charge < -0.3 is 19.7 Å². The molecule has 2 aromatic rings. The third-order valence-corrected chi connectivity index (χ3v) is 7.48. The molecule has 36 heavy (non-hydrogen) atoms. The van der Waals surface area contributed by atoms with Gasteiger partial charge >= 0.3 is 5.97 Å². The number of benzene rings is 1. The zero-order valence-corrected chi connectivity index (χ0v) is 20.9. The maximum Gasteiger partial charge on any atom is 0.303 e. The average molecular weight is 496 g/mol. The van der Waals surface area contributed by atoms with Crippen LogP contribution in [0.1, 0.15) is 104 Å². The van der Waals surface area contributed by atoms with Crippen molar-refractivity contribution in [1.29, 1.82) is 0 Å². The van der Waals surface area contributed by atoms with Crippen LogP contribution in [-0.4, -0.2) is 39.3 Å². The molecule has 1 saturated heterocycles. The van der Waals surface area contributed by atoms with Crippen LogP contribution in [0.5, 0.6) is 0 Å². The Kier molecular flexibility index (Phi) is 9.14. The number of carbonyl (C=O) groups is 3. The summed E-state index contributed by atoms with van der Waals surface area (Å²) in [5.41, 5.74) is 2.06. The number of hydrogen-bond donors (Lipinski definition) is 2. The number of amides is 2. The second kappa shape index (κ2) is 12.7. The maximum atomic E-state index is 12.7. The Hall–Kier alpha value is -3.16. The van der Waals surface area contributed by atoms with E-state index >= 15 is 0 Å². The summed E-state index contributed by atoms with van der Waals surface area (Å²) in [5.74, 6) is 0.113. The number of rotatable bonds is 12. The first kappa shape index (κ1) is 25.9. The number of nitrogens with zero attached hydrogens (tertiary/aromatic N) is 2. The smallest absolute Gasteiger partial charge is 0.303 e. The van der Waals surface area contributed by atoms with Crippen molar-refractivity contribution < 1.29 is 23.9 Å². The molecule has 194 valence electrons. The molecule has 0 radical (unpaired) electrons. The lowest BCUT2D eigenvalue weighted by Gasteiger charge is -2.24. The van der Waals surface area contributed by atoms with E-state index in [9.17, 15) is 14.4 Å². The number of carboxylic acid groups (broad SMARTS) is 1. The summed E-state index contributed by atoms with van der Waals surface area (Å²) in [6.45, 7) is 0.971. The maximum absolute atomic E-state index is 12.7. The summed E-state index contributed by atoms with van der Waals surface area (Å²) in [6.07, 6.45) is 12.9. The fourth-order valence-electron chi connectivity index (χ4n) is 5.44. The SMILES string of the molecule is O=C(O)CCc1ccccc1CN1C(=O)CCC1c1nc(C(=O)NCCCCC2CCCCC2)co1. The molecule has 8 heteroatoms. The van der Waals surface area contributed by atoms with Gasteiger partial charge in [-0.1, -0.05) is 69.2 Å². The molecule has 1 unspecified atom stereocenters. The Balaban J connectivity index is 1.30. The monoisotopic (exact) mass is 495 g/mol. The molecule has 2 N–H and O–H groups in total. The van der Waals surface area contributed by atoms with Crippen molar-refractivity contribution >= 4 is 17.8 Å². The zero-order chi connectivity index (χ0) is 25.3. The van der Waals surface area contributed by atoms with Gasteiger partial charge in [0.2, 0.25) is 11.8 Å². The van der Waals surface area contributed by atoms with E-state index in [0.29, 0.717) is 38.2 Å². The fraction of sp³-hybridized carbons (Fsp3) is 0.571. The lowest BCUT2D eigenvalue weighted by molar-refractivity contribution is -0.137. The van der Waals surface area contributed by atoms with E-state index in [1.165, 1.54) is 44.8 Å². The van der Waals surface area contributed by atoms with E-state index in [1.54, 1.807) is 4.90 Å². The second-order valence-corrected chi connectivity index (χ2v) is 10.1. The van der Waals surface area contributed by atoms with Gasteiger partial charge in [-0.05, 0) is 36.3 Å². The van der Waals surface area contributed by atoms with Crippen molar-refractivity contribution in [2.24, 2.45) is 5.92 Å². The molecule has 1 aromatic heterocycles. The van der Waals surface area contributed by atoms with Gasteiger partial charge in [0.25, 0.3) is 5.91 Å². The van der Waals surface area contributed by atoms with Crippen LogP contribution in [0.25, 0.3) is 0 Å².